The van der Waals surface area contributed by atoms with Crippen LogP contribution < -0.4 is 16.0 Å². The van der Waals surface area contributed by atoms with E-state index in [1.54, 1.807) is 7.05 Å². The maximum atomic E-state index is 12.2. The summed E-state index contributed by atoms with van der Waals surface area (Å²) < 4.78 is 10.8. The van der Waals surface area contributed by atoms with Gasteiger partial charge in [-0.3, -0.25) is 9.79 Å². The Labute approximate surface area is 185 Å². The first-order chi connectivity index (χ1) is 13.2. The molecule has 1 aliphatic heterocycles. The molecule has 0 aromatic heterocycles. The number of nitrogens with one attached hydrogen (secondary N) is 3. The smallest absolute Gasteiger partial charge is 0.253 e. The highest BCUT2D eigenvalue weighted by atomic mass is 127. The van der Waals surface area contributed by atoms with Gasteiger partial charge in [-0.15, -0.1) is 24.0 Å². The fourth-order valence-corrected chi connectivity index (χ4v) is 2.85. The van der Waals surface area contributed by atoms with Crippen molar-refractivity contribution in [3.8, 4) is 0 Å². The molecule has 28 heavy (non-hydrogen) atoms. The highest BCUT2D eigenvalue weighted by Crippen LogP contribution is 2.16. The molecule has 1 fully saturated rings. The SMILES string of the molecule is CCOCCCCNC(=NC)NCc1cccc(NC(=O)C2CCCO2)c1.I. The molecule has 0 aliphatic carbocycles. The summed E-state index contributed by atoms with van der Waals surface area (Å²) in [4.78, 5) is 16.4. The molecule has 1 saturated heterocycles. The second kappa shape index (κ2) is 14.6. The number of ether oxygens (including phenoxy) is 2. The van der Waals surface area contributed by atoms with E-state index in [0.717, 1.165) is 62.7 Å². The van der Waals surface area contributed by atoms with Gasteiger partial charge in [-0.05, 0) is 50.3 Å². The third kappa shape index (κ3) is 9.20. The number of carbonyl (C=O) groups is 1. The van der Waals surface area contributed by atoms with Crippen molar-refractivity contribution in [2.45, 2.75) is 45.3 Å². The van der Waals surface area contributed by atoms with E-state index in [1.165, 1.54) is 0 Å². The van der Waals surface area contributed by atoms with Crippen LogP contribution in [0.4, 0.5) is 5.69 Å². The largest absolute Gasteiger partial charge is 0.382 e. The van der Waals surface area contributed by atoms with Gasteiger partial charge in [0.2, 0.25) is 0 Å². The molecule has 1 aliphatic rings. The van der Waals surface area contributed by atoms with Crippen molar-refractivity contribution in [3.63, 3.8) is 0 Å². The van der Waals surface area contributed by atoms with Crippen LogP contribution in [0.25, 0.3) is 0 Å². The number of halogens is 1. The average Bonchev–Trinajstić information content (AvgIpc) is 3.22. The minimum Gasteiger partial charge on any atom is -0.382 e. The molecule has 1 amide bonds. The first-order valence-electron chi connectivity index (χ1n) is 9.76. The van der Waals surface area contributed by atoms with Crippen molar-refractivity contribution in [1.29, 1.82) is 0 Å². The Bertz CT molecular complexity index is 607. The van der Waals surface area contributed by atoms with E-state index >= 15 is 0 Å². The van der Waals surface area contributed by atoms with E-state index in [9.17, 15) is 4.79 Å². The second-order valence-corrected chi connectivity index (χ2v) is 6.45. The molecule has 1 heterocycles. The molecule has 1 aromatic rings. The van der Waals surface area contributed by atoms with Crippen LogP contribution in [0, 0.1) is 0 Å². The van der Waals surface area contributed by atoms with Crippen molar-refractivity contribution < 1.29 is 14.3 Å². The Balaban J connectivity index is 0.00000392. The topological polar surface area (TPSA) is 84.0 Å². The molecule has 1 unspecified atom stereocenters. The van der Waals surface area contributed by atoms with Gasteiger partial charge in [-0.25, -0.2) is 0 Å². The number of anilines is 1. The Morgan fingerprint density at radius 3 is 2.89 bits per heavy atom. The number of amides is 1. The van der Waals surface area contributed by atoms with E-state index < -0.39 is 0 Å². The number of guanidine groups is 1. The first kappa shape index (κ1) is 24.6. The van der Waals surface area contributed by atoms with Gasteiger partial charge in [0, 0.05) is 45.6 Å². The minimum atomic E-state index is -0.322. The molecule has 8 heteroatoms. The summed E-state index contributed by atoms with van der Waals surface area (Å²) >= 11 is 0. The number of carbonyl (C=O) groups excluding carboxylic acids is 1. The standard InChI is InChI=1S/C20H32N4O3.HI/c1-3-26-12-5-4-11-22-20(21-2)23-15-16-8-6-9-17(14-16)24-19(25)18-10-7-13-27-18;/h6,8-9,14,18H,3-5,7,10-13,15H2,1-2H3,(H,24,25)(H2,21,22,23);1H. The predicted molar refractivity (Wildman–Crippen MR) is 123 cm³/mol. The molecule has 3 N–H and O–H groups in total. The Morgan fingerprint density at radius 2 is 2.18 bits per heavy atom. The fraction of sp³-hybridized carbons (Fsp3) is 0.600. The van der Waals surface area contributed by atoms with Gasteiger partial charge < -0.3 is 25.4 Å². The Morgan fingerprint density at radius 1 is 1.32 bits per heavy atom. The lowest BCUT2D eigenvalue weighted by molar-refractivity contribution is -0.124. The van der Waals surface area contributed by atoms with Crippen LogP contribution in [-0.4, -0.2) is 51.4 Å². The van der Waals surface area contributed by atoms with Crippen LogP contribution in [0.3, 0.4) is 0 Å². The Kier molecular flexibility index (Phi) is 12.8. The third-order valence-electron chi connectivity index (χ3n) is 4.31. The number of hydrogen-bond acceptors (Lipinski definition) is 4. The molecule has 7 nitrogen and oxygen atoms in total. The van der Waals surface area contributed by atoms with Gasteiger partial charge >= 0.3 is 0 Å². The Hall–Kier alpha value is -1.39. The van der Waals surface area contributed by atoms with Crippen LogP contribution in [0.2, 0.25) is 0 Å². The molecular weight excluding hydrogens is 471 g/mol. The van der Waals surface area contributed by atoms with E-state index in [2.05, 4.69) is 20.9 Å². The highest BCUT2D eigenvalue weighted by molar-refractivity contribution is 14.0. The molecule has 0 saturated carbocycles. The second-order valence-electron chi connectivity index (χ2n) is 6.45. The zero-order chi connectivity index (χ0) is 19.3. The van der Waals surface area contributed by atoms with Crippen molar-refractivity contribution in [1.82, 2.24) is 10.6 Å². The van der Waals surface area contributed by atoms with Gasteiger partial charge in [0.25, 0.3) is 5.91 Å². The summed E-state index contributed by atoms with van der Waals surface area (Å²) in [5.74, 6) is 0.697. The number of unbranched alkanes of at least 4 members (excludes halogenated alkanes) is 1. The molecule has 1 atom stereocenters. The van der Waals surface area contributed by atoms with Crippen LogP contribution in [0.5, 0.6) is 0 Å². The maximum absolute atomic E-state index is 12.2. The van der Waals surface area contributed by atoms with Crippen LogP contribution >= 0.6 is 24.0 Å². The molecule has 0 bridgehead atoms. The molecule has 2 rings (SSSR count). The average molecular weight is 504 g/mol. The van der Waals surface area contributed by atoms with Gasteiger partial charge in [0.05, 0.1) is 0 Å². The third-order valence-corrected chi connectivity index (χ3v) is 4.31. The summed E-state index contributed by atoms with van der Waals surface area (Å²) in [7, 11) is 1.76. The number of benzene rings is 1. The van der Waals surface area contributed by atoms with Crippen LogP contribution in [-0.2, 0) is 20.8 Å². The van der Waals surface area contributed by atoms with Gasteiger partial charge in [-0.2, -0.15) is 0 Å². The number of nitrogens with zero attached hydrogens (tertiary/aromatic N) is 1. The monoisotopic (exact) mass is 504 g/mol. The van der Waals surface area contributed by atoms with Gasteiger partial charge in [-0.1, -0.05) is 12.1 Å². The normalized spacial score (nSPS) is 16.4. The number of hydrogen-bond donors (Lipinski definition) is 3. The summed E-state index contributed by atoms with van der Waals surface area (Å²) in [6, 6.07) is 7.81. The molecule has 1 aromatic carbocycles. The van der Waals surface area contributed by atoms with Crippen molar-refractivity contribution in [3.05, 3.63) is 29.8 Å². The van der Waals surface area contributed by atoms with E-state index in [1.807, 2.05) is 31.2 Å². The number of rotatable bonds is 10. The lowest BCUT2D eigenvalue weighted by Gasteiger charge is -2.14. The van der Waals surface area contributed by atoms with E-state index in [0.29, 0.717) is 13.2 Å². The molecule has 158 valence electrons. The van der Waals surface area contributed by atoms with Crippen molar-refractivity contribution in [2.24, 2.45) is 4.99 Å². The molecule has 0 radical (unpaired) electrons. The lowest BCUT2D eigenvalue weighted by atomic mass is 10.2. The van der Waals surface area contributed by atoms with Crippen molar-refractivity contribution >= 4 is 41.5 Å². The predicted octanol–water partition coefficient (Wildman–Crippen LogP) is 2.90. The summed E-state index contributed by atoms with van der Waals surface area (Å²) in [5, 5.41) is 9.53. The van der Waals surface area contributed by atoms with Gasteiger partial charge in [0.15, 0.2) is 5.96 Å². The zero-order valence-corrected chi connectivity index (χ0v) is 19.2. The first-order valence-corrected chi connectivity index (χ1v) is 9.76. The van der Waals surface area contributed by atoms with Crippen LogP contribution in [0.1, 0.15) is 38.2 Å². The van der Waals surface area contributed by atoms with E-state index in [4.69, 9.17) is 9.47 Å². The minimum absolute atomic E-state index is 0. The highest BCUT2D eigenvalue weighted by Gasteiger charge is 2.23. The van der Waals surface area contributed by atoms with Crippen LogP contribution in [0.15, 0.2) is 29.3 Å². The lowest BCUT2D eigenvalue weighted by Crippen LogP contribution is -2.37. The van der Waals surface area contributed by atoms with Crippen molar-refractivity contribution in [2.75, 3.05) is 38.7 Å². The maximum Gasteiger partial charge on any atom is 0.253 e. The number of aliphatic imine (C=N–C) groups is 1. The summed E-state index contributed by atoms with van der Waals surface area (Å²) in [5.41, 5.74) is 1.85. The molecular formula is C20H33IN4O3. The summed E-state index contributed by atoms with van der Waals surface area (Å²) in [6.45, 7) is 5.72. The van der Waals surface area contributed by atoms with Gasteiger partial charge in [0.1, 0.15) is 6.10 Å². The molecule has 0 spiro atoms. The quantitative estimate of drug-likeness (QED) is 0.198. The van der Waals surface area contributed by atoms with E-state index in [-0.39, 0.29) is 36.0 Å². The fourth-order valence-electron chi connectivity index (χ4n) is 2.85. The zero-order valence-electron chi connectivity index (χ0n) is 16.8. The summed E-state index contributed by atoms with van der Waals surface area (Å²) in [6.07, 6.45) is 3.48.